The Hall–Kier alpha value is -3.07. The predicted octanol–water partition coefficient (Wildman–Crippen LogP) is 3.18. The van der Waals surface area contributed by atoms with E-state index in [2.05, 4.69) is 10.6 Å². The number of rotatable bonds is 7. The Kier molecular flexibility index (Phi) is 5.96. The van der Waals surface area contributed by atoms with E-state index < -0.39 is 22.5 Å². The molecule has 0 saturated carbocycles. The maximum Gasteiger partial charge on any atom is 0.270 e. The number of nitrogens with one attached hydrogen (secondary N) is 2. The first kappa shape index (κ1) is 18.3. The first-order chi connectivity index (χ1) is 11.9. The van der Waals surface area contributed by atoms with Crippen LogP contribution in [0.4, 0.5) is 25.8 Å². The maximum absolute atomic E-state index is 13.7. The van der Waals surface area contributed by atoms with Crippen molar-refractivity contribution in [2.24, 2.45) is 0 Å². The average molecular weight is 351 g/mol. The van der Waals surface area contributed by atoms with E-state index in [4.69, 9.17) is 4.74 Å². The highest BCUT2D eigenvalue weighted by molar-refractivity contribution is 6.08. The number of carbonyl (C=O) groups excluding carboxylic acids is 1. The van der Waals surface area contributed by atoms with Crippen LogP contribution in [0.1, 0.15) is 10.4 Å². The molecule has 0 aliphatic rings. The number of amides is 1. The first-order valence-electron chi connectivity index (χ1n) is 7.20. The van der Waals surface area contributed by atoms with Crippen LogP contribution in [-0.4, -0.2) is 31.1 Å². The minimum absolute atomic E-state index is 0.0750. The van der Waals surface area contributed by atoms with Gasteiger partial charge in [-0.05, 0) is 18.2 Å². The van der Waals surface area contributed by atoms with Gasteiger partial charge in [0.05, 0.1) is 22.8 Å². The van der Waals surface area contributed by atoms with E-state index >= 15 is 0 Å². The molecule has 0 fully saturated rings. The molecule has 132 valence electrons. The summed E-state index contributed by atoms with van der Waals surface area (Å²) in [5.41, 5.74) is -0.438. The molecule has 0 radical (unpaired) electrons. The molecule has 0 aliphatic carbocycles. The van der Waals surface area contributed by atoms with Crippen molar-refractivity contribution < 1.29 is 23.2 Å². The third kappa shape index (κ3) is 4.70. The molecule has 0 aromatic heterocycles. The van der Waals surface area contributed by atoms with E-state index in [0.717, 1.165) is 24.3 Å². The molecular formula is C16H15F2N3O4. The molecule has 0 heterocycles. The van der Waals surface area contributed by atoms with Crippen molar-refractivity contribution in [3.05, 3.63) is 63.7 Å². The van der Waals surface area contributed by atoms with Gasteiger partial charge in [0.15, 0.2) is 0 Å². The third-order valence-corrected chi connectivity index (χ3v) is 3.26. The summed E-state index contributed by atoms with van der Waals surface area (Å²) in [6.07, 6.45) is 0. The summed E-state index contributed by atoms with van der Waals surface area (Å²) in [4.78, 5) is 22.7. The number of anilines is 2. The molecule has 0 unspecified atom stereocenters. The van der Waals surface area contributed by atoms with E-state index in [-0.39, 0.29) is 16.9 Å². The van der Waals surface area contributed by atoms with Crippen LogP contribution in [-0.2, 0) is 4.74 Å². The highest BCUT2D eigenvalue weighted by Crippen LogP contribution is 2.24. The number of hydrogen-bond donors (Lipinski definition) is 2. The number of non-ortho nitro benzene ring substituents is 1. The Morgan fingerprint density at radius 1 is 1.20 bits per heavy atom. The number of halogens is 2. The van der Waals surface area contributed by atoms with Crippen molar-refractivity contribution in [3.8, 4) is 0 Å². The van der Waals surface area contributed by atoms with Crippen LogP contribution in [0.3, 0.4) is 0 Å². The van der Waals surface area contributed by atoms with Crippen LogP contribution in [0, 0.1) is 21.7 Å². The fourth-order valence-corrected chi connectivity index (χ4v) is 2.06. The van der Waals surface area contributed by atoms with Crippen LogP contribution < -0.4 is 10.6 Å². The van der Waals surface area contributed by atoms with Gasteiger partial charge in [0, 0.05) is 37.5 Å². The molecular weight excluding hydrogens is 336 g/mol. The lowest BCUT2D eigenvalue weighted by Gasteiger charge is -2.12. The SMILES string of the molecule is COCCNc1ccc([N+](=O)[O-])cc1C(=O)Nc1cc(F)ccc1F. The molecule has 0 atom stereocenters. The van der Waals surface area contributed by atoms with Gasteiger partial charge in [-0.1, -0.05) is 0 Å². The van der Waals surface area contributed by atoms with Gasteiger partial charge in [0.25, 0.3) is 11.6 Å². The lowest BCUT2D eigenvalue weighted by atomic mass is 10.1. The molecule has 0 spiro atoms. The number of ether oxygens (including phenoxy) is 1. The Labute approximate surface area is 141 Å². The Balaban J connectivity index is 2.32. The molecule has 0 saturated heterocycles. The van der Waals surface area contributed by atoms with E-state index in [1.54, 1.807) is 0 Å². The minimum Gasteiger partial charge on any atom is -0.383 e. The van der Waals surface area contributed by atoms with Crippen LogP contribution >= 0.6 is 0 Å². The summed E-state index contributed by atoms with van der Waals surface area (Å²) in [5, 5.41) is 16.0. The molecule has 1 amide bonds. The molecule has 9 heteroatoms. The van der Waals surface area contributed by atoms with Gasteiger partial charge in [0.1, 0.15) is 11.6 Å². The summed E-state index contributed by atoms with van der Waals surface area (Å²) in [6.45, 7) is 0.694. The van der Waals surface area contributed by atoms with E-state index in [9.17, 15) is 23.7 Å². The van der Waals surface area contributed by atoms with Crippen molar-refractivity contribution in [3.63, 3.8) is 0 Å². The molecule has 2 N–H and O–H groups in total. The summed E-state index contributed by atoms with van der Waals surface area (Å²) in [7, 11) is 1.50. The summed E-state index contributed by atoms with van der Waals surface area (Å²) in [5.74, 6) is -2.36. The Morgan fingerprint density at radius 3 is 2.64 bits per heavy atom. The lowest BCUT2D eigenvalue weighted by Crippen LogP contribution is -2.17. The van der Waals surface area contributed by atoms with Crippen LogP contribution in [0.2, 0.25) is 0 Å². The smallest absolute Gasteiger partial charge is 0.270 e. The fraction of sp³-hybridized carbons (Fsp3) is 0.188. The highest BCUT2D eigenvalue weighted by Gasteiger charge is 2.18. The minimum atomic E-state index is -0.825. The van der Waals surface area contributed by atoms with Crippen LogP contribution in [0.25, 0.3) is 0 Å². The Morgan fingerprint density at radius 2 is 1.96 bits per heavy atom. The Bertz CT molecular complexity index is 799. The summed E-state index contributed by atoms with van der Waals surface area (Å²) < 4.78 is 31.8. The number of hydrogen-bond acceptors (Lipinski definition) is 5. The highest BCUT2D eigenvalue weighted by atomic mass is 19.1. The quantitative estimate of drug-likeness (QED) is 0.454. The molecule has 0 aliphatic heterocycles. The van der Waals surface area contributed by atoms with Gasteiger partial charge in [0.2, 0.25) is 0 Å². The molecule has 2 rings (SSSR count). The van der Waals surface area contributed by atoms with Crippen molar-refractivity contribution in [2.75, 3.05) is 30.9 Å². The van der Waals surface area contributed by atoms with Crippen molar-refractivity contribution >= 4 is 23.0 Å². The second-order valence-electron chi connectivity index (χ2n) is 4.98. The normalized spacial score (nSPS) is 10.4. The largest absolute Gasteiger partial charge is 0.383 e. The first-order valence-corrected chi connectivity index (χ1v) is 7.20. The number of methoxy groups -OCH3 is 1. The maximum atomic E-state index is 13.7. The zero-order chi connectivity index (χ0) is 18.4. The molecule has 0 bridgehead atoms. The van der Waals surface area contributed by atoms with Crippen molar-refractivity contribution in [2.45, 2.75) is 0 Å². The van der Waals surface area contributed by atoms with Crippen molar-refractivity contribution in [1.82, 2.24) is 0 Å². The lowest BCUT2D eigenvalue weighted by molar-refractivity contribution is -0.384. The summed E-state index contributed by atoms with van der Waals surface area (Å²) >= 11 is 0. The molecule has 2 aromatic rings. The topological polar surface area (TPSA) is 93.5 Å². The van der Waals surface area contributed by atoms with E-state index in [1.807, 2.05) is 0 Å². The zero-order valence-corrected chi connectivity index (χ0v) is 13.2. The van der Waals surface area contributed by atoms with Crippen LogP contribution in [0.5, 0.6) is 0 Å². The van der Waals surface area contributed by atoms with E-state index in [1.165, 1.54) is 19.2 Å². The van der Waals surface area contributed by atoms with Gasteiger partial charge >= 0.3 is 0 Å². The number of nitrogens with zero attached hydrogens (tertiary/aromatic N) is 1. The number of benzene rings is 2. The predicted molar refractivity (Wildman–Crippen MR) is 87.8 cm³/mol. The average Bonchev–Trinajstić information content (AvgIpc) is 2.58. The van der Waals surface area contributed by atoms with Gasteiger partial charge in [-0.15, -0.1) is 0 Å². The molecule has 7 nitrogen and oxygen atoms in total. The molecule has 2 aromatic carbocycles. The van der Waals surface area contributed by atoms with Crippen molar-refractivity contribution in [1.29, 1.82) is 0 Å². The van der Waals surface area contributed by atoms with E-state index in [0.29, 0.717) is 18.8 Å². The third-order valence-electron chi connectivity index (χ3n) is 3.26. The van der Waals surface area contributed by atoms with Gasteiger partial charge in [-0.2, -0.15) is 0 Å². The van der Waals surface area contributed by atoms with Gasteiger partial charge < -0.3 is 15.4 Å². The standard InChI is InChI=1S/C16H15F2N3O4/c1-25-7-6-19-14-5-3-11(21(23)24)9-12(14)16(22)20-15-8-10(17)2-4-13(15)18/h2-5,8-9,19H,6-7H2,1H3,(H,20,22). The fourth-order valence-electron chi connectivity index (χ4n) is 2.06. The number of nitro groups is 1. The number of carbonyl (C=O) groups is 1. The second-order valence-corrected chi connectivity index (χ2v) is 4.98. The monoisotopic (exact) mass is 351 g/mol. The second kappa shape index (κ2) is 8.15. The number of nitro benzene ring substituents is 1. The summed E-state index contributed by atoms with van der Waals surface area (Å²) in [6, 6.07) is 6.26. The van der Waals surface area contributed by atoms with Crippen LogP contribution in [0.15, 0.2) is 36.4 Å². The van der Waals surface area contributed by atoms with Gasteiger partial charge in [-0.3, -0.25) is 14.9 Å². The zero-order valence-electron chi connectivity index (χ0n) is 13.2. The molecule has 25 heavy (non-hydrogen) atoms. The van der Waals surface area contributed by atoms with Gasteiger partial charge in [-0.25, -0.2) is 8.78 Å².